The highest BCUT2D eigenvalue weighted by Gasteiger charge is 2.08. The summed E-state index contributed by atoms with van der Waals surface area (Å²) < 4.78 is 5.03. The van der Waals surface area contributed by atoms with E-state index in [9.17, 15) is 9.90 Å². The molecule has 0 aromatic heterocycles. The molecule has 0 aliphatic carbocycles. The van der Waals surface area contributed by atoms with E-state index in [-0.39, 0.29) is 11.7 Å². The van der Waals surface area contributed by atoms with Crippen molar-refractivity contribution in [3.8, 4) is 11.5 Å². The molecule has 0 heterocycles. The van der Waals surface area contributed by atoms with Crippen molar-refractivity contribution in [2.75, 3.05) is 12.4 Å². The molecule has 2 rings (SSSR count). The summed E-state index contributed by atoms with van der Waals surface area (Å²) in [6.45, 7) is 0. The smallest absolute Gasteiger partial charge is 0.255 e. The van der Waals surface area contributed by atoms with E-state index in [4.69, 9.17) is 16.3 Å². The van der Waals surface area contributed by atoms with Crippen LogP contribution in [0, 0.1) is 0 Å². The zero-order valence-electron chi connectivity index (χ0n) is 10.2. The number of aromatic hydroxyl groups is 1. The average molecular weight is 278 g/mol. The van der Waals surface area contributed by atoms with Crippen molar-refractivity contribution in [3.05, 3.63) is 53.1 Å². The molecule has 0 aliphatic heterocycles. The highest BCUT2D eigenvalue weighted by atomic mass is 35.5. The SMILES string of the molecule is COc1ccc(NC(=O)c2cccc(O)c2)cc1Cl. The fourth-order valence-electron chi connectivity index (χ4n) is 1.59. The quantitative estimate of drug-likeness (QED) is 0.905. The lowest BCUT2D eigenvalue weighted by Gasteiger charge is -2.08. The number of phenols is 1. The van der Waals surface area contributed by atoms with Gasteiger partial charge in [0.2, 0.25) is 0 Å². The van der Waals surface area contributed by atoms with E-state index in [2.05, 4.69) is 5.32 Å². The third-order valence-electron chi connectivity index (χ3n) is 2.52. The van der Waals surface area contributed by atoms with Crippen LogP contribution < -0.4 is 10.1 Å². The van der Waals surface area contributed by atoms with Gasteiger partial charge in [-0.1, -0.05) is 17.7 Å². The molecule has 4 nitrogen and oxygen atoms in total. The van der Waals surface area contributed by atoms with E-state index in [0.717, 1.165) is 0 Å². The number of phenolic OH excluding ortho intramolecular Hbond substituents is 1. The molecule has 1 amide bonds. The van der Waals surface area contributed by atoms with Crippen molar-refractivity contribution < 1.29 is 14.6 Å². The Morgan fingerprint density at radius 3 is 2.68 bits per heavy atom. The number of rotatable bonds is 3. The molecule has 0 radical (unpaired) electrons. The van der Waals surface area contributed by atoms with Crippen LogP contribution in [0.15, 0.2) is 42.5 Å². The number of ether oxygens (including phenoxy) is 1. The monoisotopic (exact) mass is 277 g/mol. The summed E-state index contributed by atoms with van der Waals surface area (Å²) in [5.41, 5.74) is 0.922. The van der Waals surface area contributed by atoms with Gasteiger partial charge in [0.15, 0.2) is 0 Å². The van der Waals surface area contributed by atoms with Gasteiger partial charge in [0.25, 0.3) is 5.91 Å². The van der Waals surface area contributed by atoms with Crippen LogP contribution in [0.25, 0.3) is 0 Å². The number of hydrogen-bond donors (Lipinski definition) is 2. The Bertz CT molecular complexity index is 613. The Hall–Kier alpha value is -2.20. The van der Waals surface area contributed by atoms with Crippen LogP contribution >= 0.6 is 11.6 Å². The predicted octanol–water partition coefficient (Wildman–Crippen LogP) is 3.31. The first-order chi connectivity index (χ1) is 9.10. The Labute approximate surface area is 115 Å². The van der Waals surface area contributed by atoms with Gasteiger partial charge in [0, 0.05) is 11.3 Å². The fourth-order valence-corrected chi connectivity index (χ4v) is 1.85. The van der Waals surface area contributed by atoms with Gasteiger partial charge in [-0.25, -0.2) is 0 Å². The normalized spacial score (nSPS) is 10.0. The van der Waals surface area contributed by atoms with Gasteiger partial charge in [0.05, 0.1) is 12.1 Å². The summed E-state index contributed by atoms with van der Waals surface area (Å²) in [4.78, 5) is 11.9. The number of anilines is 1. The molecule has 0 saturated heterocycles. The summed E-state index contributed by atoms with van der Waals surface area (Å²) in [7, 11) is 1.52. The highest BCUT2D eigenvalue weighted by Crippen LogP contribution is 2.27. The maximum absolute atomic E-state index is 11.9. The van der Waals surface area contributed by atoms with E-state index in [1.165, 1.54) is 19.2 Å². The third kappa shape index (κ3) is 3.17. The summed E-state index contributed by atoms with van der Waals surface area (Å²) in [5, 5.41) is 12.4. The minimum Gasteiger partial charge on any atom is -0.508 e. The molecule has 0 bridgehead atoms. The second-order valence-electron chi connectivity index (χ2n) is 3.85. The van der Waals surface area contributed by atoms with E-state index in [0.29, 0.717) is 22.0 Å². The first kappa shape index (κ1) is 13.2. The Balaban J connectivity index is 2.17. The lowest BCUT2D eigenvalue weighted by molar-refractivity contribution is 0.102. The third-order valence-corrected chi connectivity index (χ3v) is 2.81. The lowest BCUT2D eigenvalue weighted by atomic mass is 10.2. The summed E-state index contributed by atoms with van der Waals surface area (Å²) >= 11 is 5.97. The minimum absolute atomic E-state index is 0.0420. The molecule has 2 N–H and O–H groups in total. The van der Waals surface area contributed by atoms with Gasteiger partial charge in [-0.05, 0) is 36.4 Å². The number of methoxy groups -OCH3 is 1. The van der Waals surface area contributed by atoms with Crippen molar-refractivity contribution in [2.24, 2.45) is 0 Å². The second-order valence-corrected chi connectivity index (χ2v) is 4.26. The topological polar surface area (TPSA) is 58.6 Å². The van der Waals surface area contributed by atoms with Crippen molar-refractivity contribution in [2.45, 2.75) is 0 Å². The Morgan fingerprint density at radius 2 is 2.05 bits per heavy atom. The van der Waals surface area contributed by atoms with E-state index >= 15 is 0 Å². The number of nitrogens with one attached hydrogen (secondary N) is 1. The molecule has 0 fully saturated rings. The lowest BCUT2D eigenvalue weighted by Crippen LogP contribution is -2.11. The van der Waals surface area contributed by atoms with Crippen LogP contribution in [0.2, 0.25) is 5.02 Å². The Morgan fingerprint density at radius 1 is 1.26 bits per heavy atom. The standard InChI is InChI=1S/C14H12ClNO3/c1-19-13-6-5-10(8-12(13)15)16-14(18)9-3-2-4-11(17)7-9/h2-8,17H,1H3,(H,16,18). The zero-order valence-corrected chi connectivity index (χ0v) is 10.9. The van der Waals surface area contributed by atoms with Crippen LogP contribution in [0.3, 0.4) is 0 Å². The number of amides is 1. The van der Waals surface area contributed by atoms with Crippen molar-refractivity contribution >= 4 is 23.2 Å². The minimum atomic E-state index is -0.322. The molecule has 0 saturated carbocycles. The number of benzene rings is 2. The fraction of sp³-hybridized carbons (Fsp3) is 0.0714. The molecule has 19 heavy (non-hydrogen) atoms. The molecular weight excluding hydrogens is 266 g/mol. The van der Waals surface area contributed by atoms with Gasteiger partial charge < -0.3 is 15.2 Å². The van der Waals surface area contributed by atoms with Crippen molar-refractivity contribution in [1.82, 2.24) is 0 Å². The van der Waals surface area contributed by atoms with Gasteiger partial charge in [-0.2, -0.15) is 0 Å². The Kier molecular flexibility index (Phi) is 3.92. The maximum Gasteiger partial charge on any atom is 0.255 e. The van der Waals surface area contributed by atoms with Crippen LogP contribution in [-0.2, 0) is 0 Å². The summed E-state index contributed by atoms with van der Waals surface area (Å²) in [5.74, 6) is 0.259. The highest BCUT2D eigenvalue weighted by molar-refractivity contribution is 6.32. The largest absolute Gasteiger partial charge is 0.508 e. The van der Waals surface area contributed by atoms with Crippen molar-refractivity contribution in [1.29, 1.82) is 0 Å². The van der Waals surface area contributed by atoms with Gasteiger partial charge in [-0.3, -0.25) is 4.79 Å². The van der Waals surface area contributed by atoms with E-state index in [1.54, 1.807) is 30.3 Å². The molecule has 0 unspecified atom stereocenters. The number of carbonyl (C=O) groups excluding carboxylic acids is 1. The van der Waals surface area contributed by atoms with Gasteiger partial charge >= 0.3 is 0 Å². The van der Waals surface area contributed by atoms with Crippen LogP contribution in [0.1, 0.15) is 10.4 Å². The molecule has 5 heteroatoms. The zero-order chi connectivity index (χ0) is 13.8. The summed E-state index contributed by atoms with van der Waals surface area (Å²) in [6, 6.07) is 11.1. The molecule has 2 aromatic rings. The van der Waals surface area contributed by atoms with Crippen LogP contribution in [-0.4, -0.2) is 18.1 Å². The molecule has 2 aromatic carbocycles. The van der Waals surface area contributed by atoms with Crippen LogP contribution in [0.4, 0.5) is 5.69 Å². The molecule has 0 aliphatic rings. The first-order valence-electron chi connectivity index (χ1n) is 5.54. The van der Waals surface area contributed by atoms with Gasteiger partial charge in [-0.15, -0.1) is 0 Å². The number of halogens is 1. The average Bonchev–Trinajstić information content (AvgIpc) is 2.39. The first-order valence-corrected chi connectivity index (χ1v) is 5.92. The molecule has 0 spiro atoms. The van der Waals surface area contributed by atoms with Gasteiger partial charge in [0.1, 0.15) is 11.5 Å². The maximum atomic E-state index is 11.9. The predicted molar refractivity (Wildman–Crippen MR) is 74.1 cm³/mol. The number of carbonyl (C=O) groups is 1. The molecular formula is C14H12ClNO3. The van der Waals surface area contributed by atoms with Crippen molar-refractivity contribution in [3.63, 3.8) is 0 Å². The molecule has 0 atom stereocenters. The number of hydrogen-bond acceptors (Lipinski definition) is 3. The van der Waals surface area contributed by atoms with E-state index < -0.39 is 0 Å². The molecule has 98 valence electrons. The van der Waals surface area contributed by atoms with E-state index in [1.807, 2.05) is 0 Å². The second kappa shape index (κ2) is 5.63. The van der Waals surface area contributed by atoms with Crippen LogP contribution in [0.5, 0.6) is 11.5 Å². The summed E-state index contributed by atoms with van der Waals surface area (Å²) in [6.07, 6.45) is 0.